The van der Waals surface area contributed by atoms with E-state index < -0.39 is 0 Å². The van der Waals surface area contributed by atoms with E-state index in [0.29, 0.717) is 11.1 Å². The van der Waals surface area contributed by atoms with Crippen molar-refractivity contribution in [3.63, 3.8) is 0 Å². The predicted octanol–water partition coefficient (Wildman–Crippen LogP) is 4.11. The van der Waals surface area contributed by atoms with E-state index in [9.17, 15) is 20.1 Å². The number of likely N-dealkylation sites (N-methyl/N-ethyl adjacent to an activating group) is 1. The molecule has 3 rings (SSSR count). The van der Waals surface area contributed by atoms with Gasteiger partial charge in [-0.3, -0.25) is 9.69 Å². The van der Waals surface area contributed by atoms with Crippen LogP contribution in [-0.4, -0.2) is 58.2 Å². The number of carbonyl (C=O) groups excluding carboxylic acids is 1. The minimum absolute atomic E-state index is 0.0237. The topological polar surface area (TPSA) is 84.2 Å². The normalized spacial score (nSPS) is 21.2. The number of nitrogens with zero attached hydrogens (tertiary/aromatic N) is 2. The molecule has 0 spiro atoms. The van der Waals surface area contributed by atoms with Gasteiger partial charge in [0, 0.05) is 36.0 Å². The SMILES string of the molecule is CCN(CC)c1ccc(C2=C(O)C(=C3C=CC(N(CC)CC)C=C3O)C2=O)c(O)c1. The lowest BCUT2D eigenvalue weighted by molar-refractivity contribution is -0.111. The van der Waals surface area contributed by atoms with Crippen molar-refractivity contribution in [2.75, 3.05) is 31.1 Å². The molecule has 3 N–H and O–H groups in total. The monoisotopic (exact) mass is 410 g/mol. The number of phenols is 1. The number of anilines is 1. The van der Waals surface area contributed by atoms with Crippen LogP contribution in [0.1, 0.15) is 33.3 Å². The molecule has 0 saturated carbocycles. The molecule has 1 aromatic rings. The number of hydrogen-bond acceptors (Lipinski definition) is 6. The number of Topliss-reactive ketones (excluding diaryl/α,β-unsaturated/α-hetero) is 1. The molecule has 160 valence electrons. The van der Waals surface area contributed by atoms with Gasteiger partial charge >= 0.3 is 0 Å². The van der Waals surface area contributed by atoms with E-state index in [2.05, 4.69) is 9.80 Å². The van der Waals surface area contributed by atoms with Gasteiger partial charge in [-0.25, -0.2) is 0 Å². The van der Waals surface area contributed by atoms with E-state index >= 15 is 0 Å². The number of aliphatic hydroxyl groups is 2. The fourth-order valence-corrected chi connectivity index (χ4v) is 4.09. The van der Waals surface area contributed by atoms with Crippen LogP contribution in [0, 0.1) is 0 Å². The first kappa shape index (κ1) is 21.7. The van der Waals surface area contributed by atoms with Gasteiger partial charge in [-0.1, -0.05) is 26.0 Å². The number of rotatable bonds is 7. The van der Waals surface area contributed by atoms with Crippen LogP contribution in [-0.2, 0) is 4.79 Å². The molecule has 0 heterocycles. The highest BCUT2D eigenvalue weighted by molar-refractivity contribution is 6.39. The molecule has 1 atom stereocenters. The summed E-state index contributed by atoms with van der Waals surface area (Å²) in [4.78, 5) is 17.1. The fraction of sp³-hybridized carbons (Fsp3) is 0.375. The second kappa shape index (κ2) is 8.79. The largest absolute Gasteiger partial charge is 0.508 e. The molecule has 0 amide bonds. The molecule has 0 bridgehead atoms. The van der Waals surface area contributed by atoms with Crippen LogP contribution >= 0.6 is 0 Å². The Bertz CT molecular complexity index is 963. The molecule has 0 aliphatic heterocycles. The van der Waals surface area contributed by atoms with Crippen LogP contribution in [0.3, 0.4) is 0 Å². The van der Waals surface area contributed by atoms with Crippen molar-refractivity contribution in [2.45, 2.75) is 33.7 Å². The van der Waals surface area contributed by atoms with Crippen LogP contribution in [0.15, 0.2) is 59.1 Å². The number of allylic oxidation sites excluding steroid dienone is 3. The highest BCUT2D eigenvalue weighted by Crippen LogP contribution is 2.43. The Kier molecular flexibility index (Phi) is 6.37. The maximum atomic E-state index is 12.8. The first-order valence-electron chi connectivity index (χ1n) is 10.5. The van der Waals surface area contributed by atoms with Crippen molar-refractivity contribution < 1.29 is 20.1 Å². The average molecular weight is 411 g/mol. The highest BCUT2D eigenvalue weighted by atomic mass is 16.3. The molecule has 6 heteroatoms. The molecule has 0 saturated heterocycles. The van der Waals surface area contributed by atoms with E-state index in [1.807, 2.05) is 39.8 Å². The van der Waals surface area contributed by atoms with Crippen LogP contribution < -0.4 is 4.90 Å². The summed E-state index contributed by atoms with van der Waals surface area (Å²) in [5.74, 6) is -0.672. The lowest BCUT2D eigenvalue weighted by atomic mass is 9.79. The third-order valence-corrected chi connectivity index (χ3v) is 5.87. The molecule has 30 heavy (non-hydrogen) atoms. The molecule has 0 aromatic heterocycles. The Hall–Kier alpha value is -2.99. The Morgan fingerprint density at radius 2 is 1.60 bits per heavy atom. The number of hydrogen-bond donors (Lipinski definition) is 3. The van der Waals surface area contributed by atoms with Crippen molar-refractivity contribution in [1.29, 1.82) is 0 Å². The van der Waals surface area contributed by atoms with Crippen molar-refractivity contribution >= 4 is 17.0 Å². The number of ketones is 1. The van der Waals surface area contributed by atoms with E-state index in [0.717, 1.165) is 31.9 Å². The molecule has 2 aliphatic carbocycles. The van der Waals surface area contributed by atoms with Gasteiger partial charge in [0.2, 0.25) is 5.78 Å². The Morgan fingerprint density at radius 3 is 2.10 bits per heavy atom. The van der Waals surface area contributed by atoms with Gasteiger partial charge < -0.3 is 20.2 Å². The number of aliphatic hydroxyl groups excluding tert-OH is 2. The average Bonchev–Trinajstić information content (AvgIpc) is 2.73. The Morgan fingerprint density at radius 1 is 0.933 bits per heavy atom. The van der Waals surface area contributed by atoms with Crippen molar-refractivity contribution in [3.05, 3.63) is 64.7 Å². The highest BCUT2D eigenvalue weighted by Gasteiger charge is 2.39. The molecule has 0 radical (unpaired) electrons. The molecule has 0 fully saturated rings. The predicted molar refractivity (Wildman–Crippen MR) is 120 cm³/mol. The minimum Gasteiger partial charge on any atom is -0.508 e. The lowest BCUT2D eigenvalue weighted by Gasteiger charge is -2.29. The summed E-state index contributed by atoms with van der Waals surface area (Å²) in [6.07, 6.45) is 5.27. The molecule has 1 unspecified atom stereocenters. The minimum atomic E-state index is -0.390. The third-order valence-electron chi connectivity index (χ3n) is 5.87. The van der Waals surface area contributed by atoms with E-state index in [4.69, 9.17) is 0 Å². The van der Waals surface area contributed by atoms with Crippen molar-refractivity contribution in [1.82, 2.24) is 4.90 Å². The van der Waals surface area contributed by atoms with Gasteiger partial charge in [0.25, 0.3) is 0 Å². The second-order valence-electron chi connectivity index (χ2n) is 7.34. The van der Waals surface area contributed by atoms with Gasteiger partial charge in [0.1, 0.15) is 17.3 Å². The Labute approximate surface area is 177 Å². The molecule has 1 aromatic carbocycles. The quantitative estimate of drug-likeness (QED) is 0.587. The summed E-state index contributed by atoms with van der Waals surface area (Å²) >= 11 is 0. The molecular weight excluding hydrogens is 380 g/mol. The zero-order chi connectivity index (χ0) is 22.0. The summed E-state index contributed by atoms with van der Waals surface area (Å²) in [6.45, 7) is 11.4. The standard InChI is InChI=1S/C24H30N2O4/c1-5-25(6-2)15-9-11-17(19(27)13-15)21-23(29)22(24(21)30)18-12-10-16(14-20(18)28)26(7-3)8-4/h9-15,27-29H,5-8H2,1-4H3. The maximum absolute atomic E-state index is 12.8. The summed E-state index contributed by atoms with van der Waals surface area (Å²) in [7, 11) is 0. The lowest BCUT2D eigenvalue weighted by Crippen LogP contribution is -2.34. The first-order chi connectivity index (χ1) is 14.4. The number of benzene rings is 1. The zero-order valence-corrected chi connectivity index (χ0v) is 18.0. The third kappa shape index (κ3) is 3.63. The number of carbonyl (C=O) groups is 1. The van der Waals surface area contributed by atoms with E-state index in [-0.39, 0.29) is 40.2 Å². The summed E-state index contributed by atoms with van der Waals surface area (Å²) in [5, 5.41) is 31.6. The number of aromatic hydroxyl groups is 1. The first-order valence-corrected chi connectivity index (χ1v) is 10.5. The van der Waals surface area contributed by atoms with E-state index in [1.165, 1.54) is 0 Å². The molecule has 2 aliphatic rings. The van der Waals surface area contributed by atoms with Crippen molar-refractivity contribution in [2.24, 2.45) is 0 Å². The van der Waals surface area contributed by atoms with Crippen LogP contribution in [0.4, 0.5) is 5.69 Å². The molecular formula is C24H30N2O4. The summed E-state index contributed by atoms with van der Waals surface area (Å²) < 4.78 is 0. The van der Waals surface area contributed by atoms with Crippen LogP contribution in [0.2, 0.25) is 0 Å². The molecule has 6 nitrogen and oxygen atoms in total. The summed E-state index contributed by atoms with van der Waals surface area (Å²) in [6, 6.07) is 5.03. The number of phenolic OH excluding ortho intramolecular Hbond substituents is 1. The summed E-state index contributed by atoms with van der Waals surface area (Å²) in [5.41, 5.74) is 1.62. The van der Waals surface area contributed by atoms with Gasteiger partial charge in [-0.15, -0.1) is 0 Å². The van der Waals surface area contributed by atoms with Gasteiger partial charge in [0.05, 0.1) is 17.2 Å². The van der Waals surface area contributed by atoms with E-state index in [1.54, 1.807) is 24.3 Å². The smallest absolute Gasteiger partial charge is 0.202 e. The fourth-order valence-electron chi connectivity index (χ4n) is 4.09. The van der Waals surface area contributed by atoms with Crippen LogP contribution in [0.25, 0.3) is 5.57 Å². The van der Waals surface area contributed by atoms with Gasteiger partial charge in [-0.2, -0.15) is 0 Å². The second-order valence-corrected chi connectivity index (χ2v) is 7.34. The zero-order valence-electron chi connectivity index (χ0n) is 18.0. The van der Waals surface area contributed by atoms with Gasteiger partial charge in [-0.05, 0) is 45.1 Å². The Balaban J connectivity index is 1.95. The van der Waals surface area contributed by atoms with Crippen LogP contribution in [0.5, 0.6) is 5.75 Å². The maximum Gasteiger partial charge on any atom is 0.202 e. The van der Waals surface area contributed by atoms with Crippen molar-refractivity contribution in [3.8, 4) is 5.75 Å². The van der Waals surface area contributed by atoms with Gasteiger partial charge in [0.15, 0.2) is 0 Å².